The first-order chi connectivity index (χ1) is 6.81. The number of fused-ring (bicyclic) bond motifs is 1. The smallest absolute Gasteiger partial charge is 0.0809 e. The molecule has 14 heavy (non-hydrogen) atoms. The fourth-order valence-corrected chi connectivity index (χ4v) is 2.66. The zero-order chi connectivity index (χ0) is 9.97. The number of ether oxygens (including phenoxy) is 1. The lowest BCUT2D eigenvalue weighted by atomic mass is 10.2. The molecule has 2 rings (SSSR count). The highest BCUT2D eigenvalue weighted by Gasteiger charge is 2.04. The second-order valence-corrected chi connectivity index (χ2v) is 4.58. The molecule has 1 aromatic heterocycles. The summed E-state index contributed by atoms with van der Waals surface area (Å²) < 4.78 is 6.59. The SMILES string of the molecule is CCOCc1cc2c(Cl)cccc2s1. The van der Waals surface area contributed by atoms with E-state index < -0.39 is 0 Å². The molecule has 0 atom stereocenters. The van der Waals surface area contributed by atoms with E-state index in [4.69, 9.17) is 16.3 Å². The molecular weight excluding hydrogens is 216 g/mol. The molecule has 0 aliphatic rings. The maximum atomic E-state index is 6.07. The number of thiophene rings is 1. The standard InChI is InChI=1S/C11H11ClOS/c1-2-13-7-8-6-9-10(12)4-3-5-11(9)14-8/h3-6H,2,7H2,1H3. The normalized spacial score (nSPS) is 11.0. The van der Waals surface area contributed by atoms with Crippen molar-refractivity contribution in [2.45, 2.75) is 13.5 Å². The maximum absolute atomic E-state index is 6.07. The molecule has 0 N–H and O–H groups in total. The molecule has 0 unspecified atom stereocenters. The van der Waals surface area contributed by atoms with Crippen LogP contribution in [0.25, 0.3) is 10.1 Å². The molecule has 0 fully saturated rings. The lowest BCUT2D eigenvalue weighted by Gasteiger charge is -1.94. The highest BCUT2D eigenvalue weighted by Crippen LogP contribution is 2.31. The Morgan fingerprint density at radius 1 is 1.43 bits per heavy atom. The predicted octanol–water partition coefficient (Wildman–Crippen LogP) is 4.09. The number of hydrogen-bond acceptors (Lipinski definition) is 2. The quantitative estimate of drug-likeness (QED) is 0.766. The highest BCUT2D eigenvalue weighted by molar-refractivity contribution is 7.19. The van der Waals surface area contributed by atoms with E-state index in [-0.39, 0.29) is 0 Å². The zero-order valence-electron chi connectivity index (χ0n) is 7.92. The molecule has 1 nitrogen and oxygen atoms in total. The van der Waals surface area contributed by atoms with Crippen molar-refractivity contribution in [1.29, 1.82) is 0 Å². The van der Waals surface area contributed by atoms with Gasteiger partial charge in [-0.15, -0.1) is 11.3 Å². The Bertz CT molecular complexity index is 436. The molecule has 3 heteroatoms. The average Bonchev–Trinajstić information content (AvgIpc) is 2.59. The van der Waals surface area contributed by atoms with Crippen molar-refractivity contribution in [2.75, 3.05) is 6.61 Å². The second-order valence-electron chi connectivity index (χ2n) is 3.00. The van der Waals surface area contributed by atoms with Crippen LogP contribution in [0.5, 0.6) is 0 Å². The Morgan fingerprint density at radius 2 is 2.29 bits per heavy atom. The van der Waals surface area contributed by atoms with Gasteiger partial charge in [-0.1, -0.05) is 17.7 Å². The Labute approximate surface area is 92.3 Å². The lowest BCUT2D eigenvalue weighted by Crippen LogP contribution is -1.87. The fraction of sp³-hybridized carbons (Fsp3) is 0.273. The van der Waals surface area contributed by atoms with Gasteiger partial charge in [0, 0.05) is 26.6 Å². The third-order valence-corrected chi connectivity index (χ3v) is 3.41. The van der Waals surface area contributed by atoms with Gasteiger partial charge in [-0.25, -0.2) is 0 Å². The topological polar surface area (TPSA) is 9.23 Å². The molecule has 2 aromatic rings. The van der Waals surface area contributed by atoms with Crippen molar-refractivity contribution in [3.05, 3.63) is 34.2 Å². The Hall–Kier alpha value is -0.570. The molecule has 0 saturated heterocycles. The van der Waals surface area contributed by atoms with Gasteiger partial charge in [0.15, 0.2) is 0 Å². The van der Waals surface area contributed by atoms with Gasteiger partial charge in [0.2, 0.25) is 0 Å². The Balaban J connectivity index is 2.36. The first-order valence-corrected chi connectivity index (χ1v) is 5.75. The van der Waals surface area contributed by atoms with Crippen molar-refractivity contribution in [3.8, 4) is 0 Å². The van der Waals surface area contributed by atoms with E-state index in [1.165, 1.54) is 9.58 Å². The number of rotatable bonds is 3. The van der Waals surface area contributed by atoms with Gasteiger partial charge in [-0.05, 0) is 25.1 Å². The molecule has 1 heterocycles. The zero-order valence-corrected chi connectivity index (χ0v) is 9.49. The van der Waals surface area contributed by atoms with Crippen LogP contribution < -0.4 is 0 Å². The summed E-state index contributed by atoms with van der Waals surface area (Å²) >= 11 is 7.81. The van der Waals surface area contributed by atoms with Crippen LogP contribution in [0.1, 0.15) is 11.8 Å². The predicted molar refractivity (Wildman–Crippen MR) is 62.2 cm³/mol. The van der Waals surface area contributed by atoms with Gasteiger partial charge in [-0.2, -0.15) is 0 Å². The summed E-state index contributed by atoms with van der Waals surface area (Å²) in [7, 11) is 0. The monoisotopic (exact) mass is 226 g/mol. The van der Waals surface area contributed by atoms with Gasteiger partial charge < -0.3 is 4.74 Å². The van der Waals surface area contributed by atoms with Crippen LogP contribution in [0.2, 0.25) is 5.02 Å². The molecule has 0 aliphatic heterocycles. The first kappa shape index (κ1) is 9.97. The summed E-state index contributed by atoms with van der Waals surface area (Å²) in [5.41, 5.74) is 0. The van der Waals surface area contributed by atoms with E-state index in [2.05, 4.69) is 12.1 Å². The van der Waals surface area contributed by atoms with Crippen molar-refractivity contribution >= 4 is 33.0 Å². The lowest BCUT2D eigenvalue weighted by molar-refractivity contribution is 0.136. The summed E-state index contributed by atoms with van der Waals surface area (Å²) in [6.45, 7) is 3.44. The van der Waals surface area contributed by atoms with Crippen LogP contribution in [-0.2, 0) is 11.3 Å². The van der Waals surface area contributed by atoms with Crippen LogP contribution in [-0.4, -0.2) is 6.61 Å². The molecule has 0 saturated carbocycles. The summed E-state index contributed by atoms with van der Waals surface area (Å²) in [6, 6.07) is 8.09. The van der Waals surface area contributed by atoms with Crippen LogP contribution in [0.15, 0.2) is 24.3 Å². The van der Waals surface area contributed by atoms with Crippen LogP contribution in [0, 0.1) is 0 Å². The summed E-state index contributed by atoms with van der Waals surface area (Å²) in [5, 5.41) is 1.95. The second kappa shape index (κ2) is 4.30. The van der Waals surface area contributed by atoms with E-state index in [1.807, 2.05) is 19.1 Å². The largest absolute Gasteiger partial charge is 0.376 e. The van der Waals surface area contributed by atoms with E-state index >= 15 is 0 Å². The van der Waals surface area contributed by atoms with E-state index in [9.17, 15) is 0 Å². The minimum absolute atomic E-state index is 0.687. The average molecular weight is 227 g/mol. The number of hydrogen-bond donors (Lipinski definition) is 0. The minimum atomic E-state index is 0.687. The Morgan fingerprint density at radius 3 is 3.00 bits per heavy atom. The highest BCUT2D eigenvalue weighted by atomic mass is 35.5. The van der Waals surface area contributed by atoms with Gasteiger partial charge in [0.25, 0.3) is 0 Å². The summed E-state index contributed by atoms with van der Waals surface area (Å²) in [5.74, 6) is 0. The molecule has 0 radical (unpaired) electrons. The molecule has 74 valence electrons. The van der Waals surface area contributed by atoms with E-state index in [1.54, 1.807) is 11.3 Å². The molecule has 0 spiro atoms. The van der Waals surface area contributed by atoms with Crippen molar-refractivity contribution in [3.63, 3.8) is 0 Å². The van der Waals surface area contributed by atoms with Crippen molar-refractivity contribution in [2.24, 2.45) is 0 Å². The molecule has 0 amide bonds. The summed E-state index contributed by atoms with van der Waals surface area (Å²) in [4.78, 5) is 1.23. The molecule has 1 aromatic carbocycles. The first-order valence-electron chi connectivity index (χ1n) is 4.56. The van der Waals surface area contributed by atoms with Crippen molar-refractivity contribution < 1.29 is 4.74 Å². The van der Waals surface area contributed by atoms with Crippen LogP contribution in [0.3, 0.4) is 0 Å². The third kappa shape index (κ3) is 1.92. The van der Waals surface area contributed by atoms with E-state index in [0.717, 1.165) is 17.0 Å². The fourth-order valence-electron chi connectivity index (χ4n) is 1.35. The maximum Gasteiger partial charge on any atom is 0.0809 e. The summed E-state index contributed by atoms with van der Waals surface area (Å²) in [6.07, 6.45) is 0. The van der Waals surface area contributed by atoms with Gasteiger partial charge in [0.05, 0.1) is 6.61 Å². The van der Waals surface area contributed by atoms with Crippen LogP contribution >= 0.6 is 22.9 Å². The van der Waals surface area contributed by atoms with Gasteiger partial charge in [0.1, 0.15) is 0 Å². The molecular formula is C11H11ClOS. The number of halogens is 1. The van der Waals surface area contributed by atoms with Crippen molar-refractivity contribution in [1.82, 2.24) is 0 Å². The molecule has 0 bridgehead atoms. The third-order valence-electron chi connectivity index (χ3n) is 2.01. The number of benzene rings is 1. The van der Waals surface area contributed by atoms with Gasteiger partial charge in [-0.3, -0.25) is 0 Å². The van der Waals surface area contributed by atoms with Crippen LogP contribution in [0.4, 0.5) is 0 Å². The van der Waals surface area contributed by atoms with E-state index in [0.29, 0.717) is 6.61 Å². The minimum Gasteiger partial charge on any atom is -0.376 e. The molecule has 0 aliphatic carbocycles. The van der Waals surface area contributed by atoms with Gasteiger partial charge >= 0.3 is 0 Å². The Kier molecular flexibility index (Phi) is 3.06.